The number of amides is 1. The number of nitrogens with zero attached hydrogens (tertiary/aromatic N) is 2. The zero-order valence-electron chi connectivity index (χ0n) is 17.1. The number of para-hydroxylation sites is 1. The van der Waals surface area contributed by atoms with Crippen LogP contribution in [0.1, 0.15) is 50.9 Å². The van der Waals surface area contributed by atoms with E-state index < -0.39 is 11.9 Å². The summed E-state index contributed by atoms with van der Waals surface area (Å²) in [6.45, 7) is 8.18. The van der Waals surface area contributed by atoms with Crippen LogP contribution in [0.5, 0.6) is 0 Å². The van der Waals surface area contributed by atoms with Crippen molar-refractivity contribution < 1.29 is 14.3 Å². The van der Waals surface area contributed by atoms with Crippen molar-refractivity contribution in [2.75, 3.05) is 12.4 Å². The molecule has 1 fully saturated rings. The molecule has 1 heterocycles. The Hall–Kier alpha value is -2.85. The lowest BCUT2D eigenvalue weighted by Crippen LogP contribution is -2.61. The van der Waals surface area contributed by atoms with Gasteiger partial charge in [0.05, 0.1) is 18.4 Å². The second kappa shape index (κ2) is 8.03. The molecule has 7 heteroatoms. The number of carbonyl (C=O) groups is 2. The van der Waals surface area contributed by atoms with Crippen molar-refractivity contribution in [3.63, 3.8) is 0 Å². The maximum atomic E-state index is 12.8. The highest BCUT2D eigenvalue weighted by Crippen LogP contribution is 2.38. The molecule has 0 radical (unpaired) electrons. The fourth-order valence-electron chi connectivity index (χ4n) is 4.06. The van der Waals surface area contributed by atoms with Gasteiger partial charge in [0.1, 0.15) is 11.6 Å². The molecule has 0 aliphatic carbocycles. The second-order valence-corrected chi connectivity index (χ2v) is 8.31. The molecule has 0 atom stereocenters. The Balaban J connectivity index is 2.34. The van der Waals surface area contributed by atoms with Gasteiger partial charge in [-0.25, -0.2) is 4.79 Å². The fourth-order valence-corrected chi connectivity index (χ4v) is 4.06. The third-order valence-electron chi connectivity index (χ3n) is 5.03. The highest BCUT2D eigenvalue weighted by molar-refractivity contribution is 6.09. The topological polar surface area (TPSA) is 108 Å². The summed E-state index contributed by atoms with van der Waals surface area (Å²) in [5, 5.41) is 12.2. The number of anilines is 1. The number of nitriles is 1. The van der Waals surface area contributed by atoms with E-state index >= 15 is 0 Å². The van der Waals surface area contributed by atoms with Crippen LogP contribution in [0.4, 0.5) is 5.69 Å². The SMILES string of the molecule is COC(=O)c1ccccc1NC(=O)/C(C#N)=C\N1C(C)(C)CC(N)CC1(C)C. The molecule has 1 amide bonds. The number of benzene rings is 1. The molecular formula is C21H28N4O3. The number of carbonyl (C=O) groups excluding carboxylic acids is 2. The molecule has 3 N–H and O–H groups in total. The first-order valence-corrected chi connectivity index (χ1v) is 9.17. The molecule has 1 aromatic carbocycles. The van der Waals surface area contributed by atoms with Gasteiger partial charge in [0.2, 0.25) is 0 Å². The summed E-state index contributed by atoms with van der Waals surface area (Å²) in [7, 11) is 1.27. The number of nitrogens with two attached hydrogens (primary N) is 1. The van der Waals surface area contributed by atoms with E-state index in [1.54, 1.807) is 30.5 Å². The smallest absolute Gasteiger partial charge is 0.339 e. The molecule has 150 valence electrons. The molecule has 1 saturated heterocycles. The van der Waals surface area contributed by atoms with Gasteiger partial charge in [0, 0.05) is 23.3 Å². The van der Waals surface area contributed by atoms with E-state index in [0.29, 0.717) is 5.69 Å². The van der Waals surface area contributed by atoms with Crippen molar-refractivity contribution >= 4 is 17.6 Å². The number of piperidine rings is 1. The van der Waals surface area contributed by atoms with Gasteiger partial charge in [-0.3, -0.25) is 4.79 Å². The number of esters is 1. The standard InChI is InChI=1S/C21H28N4O3/c1-20(2)10-15(23)11-21(3,4)25(20)13-14(12-22)18(26)24-17-9-7-6-8-16(17)19(27)28-5/h6-9,13,15H,10-11,23H2,1-5H3,(H,24,26)/b14-13-. The Labute approximate surface area is 166 Å². The van der Waals surface area contributed by atoms with E-state index in [9.17, 15) is 14.9 Å². The van der Waals surface area contributed by atoms with Gasteiger partial charge in [-0.15, -0.1) is 0 Å². The van der Waals surface area contributed by atoms with Crippen LogP contribution in [0, 0.1) is 11.3 Å². The molecule has 0 aromatic heterocycles. The number of hydrogen-bond donors (Lipinski definition) is 2. The summed E-state index contributed by atoms with van der Waals surface area (Å²) < 4.78 is 4.74. The van der Waals surface area contributed by atoms with Crippen molar-refractivity contribution in [1.82, 2.24) is 4.90 Å². The minimum Gasteiger partial charge on any atom is -0.465 e. The van der Waals surface area contributed by atoms with Crippen molar-refractivity contribution in [2.24, 2.45) is 5.73 Å². The van der Waals surface area contributed by atoms with Crippen LogP contribution < -0.4 is 11.1 Å². The van der Waals surface area contributed by atoms with E-state index in [-0.39, 0.29) is 28.3 Å². The molecule has 0 spiro atoms. The zero-order chi connectivity index (χ0) is 21.1. The summed E-state index contributed by atoms with van der Waals surface area (Å²) in [4.78, 5) is 26.7. The van der Waals surface area contributed by atoms with Crippen LogP contribution in [0.3, 0.4) is 0 Å². The fraction of sp³-hybridized carbons (Fsp3) is 0.476. The lowest BCUT2D eigenvalue weighted by Gasteiger charge is -2.54. The number of methoxy groups -OCH3 is 1. The molecule has 1 aliphatic rings. The van der Waals surface area contributed by atoms with Crippen LogP contribution >= 0.6 is 0 Å². The largest absolute Gasteiger partial charge is 0.465 e. The molecule has 1 aromatic rings. The first-order chi connectivity index (χ1) is 13.0. The molecular weight excluding hydrogens is 356 g/mol. The predicted octanol–water partition coefficient (Wildman–Crippen LogP) is 2.80. The first-order valence-electron chi connectivity index (χ1n) is 9.17. The van der Waals surface area contributed by atoms with E-state index in [1.165, 1.54) is 7.11 Å². The summed E-state index contributed by atoms with van der Waals surface area (Å²) in [6.07, 6.45) is 3.10. The molecule has 0 unspecified atom stereocenters. The summed E-state index contributed by atoms with van der Waals surface area (Å²) in [6, 6.07) is 8.54. The molecule has 0 bridgehead atoms. The van der Waals surface area contributed by atoms with Gasteiger partial charge in [0.15, 0.2) is 0 Å². The average Bonchev–Trinajstić information content (AvgIpc) is 2.59. The lowest BCUT2D eigenvalue weighted by molar-refractivity contribution is -0.112. The zero-order valence-corrected chi connectivity index (χ0v) is 17.1. The van der Waals surface area contributed by atoms with Crippen molar-refractivity contribution in [2.45, 2.75) is 57.7 Å². The third-order valence-corrected chi connectivity index (χ3v) is 5.03. The minimum atomic E-state index is -0.583. The Morgan fingerprint density at radius 2 is 1.82 bits per heavy atom. The van der Waals surface area contributed by atoms with Crippen LogP contribution in [0.15, 0.2) is 36.0 Å². The Morgan fingerprint density at radius 1 is 1.25 bits per heavy atom. The van der Waals surface area contributed by atoms with Crippen LogP contribution in [0.2, 0.25) is 0 Å². The minimum absolute atomic E-state index is 0.0451. The van der Waals surface area contributed by atoms with E-state index in [0.717, 1.165) is 12.8 Å². The maximum absolute atomic E-state index is 12.8. The predicted molar refractivity (Wildman–Crippen MR) is 107 cm³/mol. The van der Waals surface area contributed by atoms with Gasteiger partial charge in [-0.05, 0) is 52.7 Å². The molecule has 7 nitrogen and oxygen atoms in total. The molecule has 2 rings (SSSR count). The van der Waals surface area contributed by atoms with Crippen LogP contribution in [0.25, 0.3) is 0 Å². The summed E-state index contributed by atoms with van der Waals surface area (Å²) in [5.74, 6) is -1.15. The highest BCUT2D eigenvalue weighted by atomic mass is 16.5. The number of hydrogen-bond acceptors (Lipinski definition) is 6. The Bertz CT molecular complexity index is 818. The van der Waals surface area contributed by atoms with Crippen LogP contribution in [-0.4, -0.2) is 41.0 Å². The van der Waals surface area contributed by atoms with Gasteiger partial charge >= 0.3 is 5.97 Å². The van der Waals surface area contributed by atoms with Gasteiger partial charge in [-0.1, -0.05) is 12.1 Å². The first kappa shape index (κ1) is 21.5. The van der Waals surface area contributed by atoms with E-state index in [1.807, 2.05) is 38.7 Å². The highest BCUT2D eigenvalue weighted by Gasteiger charge is 2.43. The number of rotatable bonds is 4. The molecule has 0 saturated carbocycles. The van der Waals surface area contributed by atoms with E-state index in [2.05, 4.69) is 5.32 Å². The van der Waals surface area contributed by atoms with Gasteiger partial charge < -0.3 is 20.7 Å². The van der Waals surface area contributed by atoms with Crippen molar-refractivity contribution in [1.29, 1.82) is 5.26 Å². The average molecular weight is 384 g/mol. The van der Waals surface area contributed by atoms with Crippen LogP contribution in [-0.2, 0) is 9.53 Å². The van der Waals surface area contributed by atoms with Crippen molar-refractivity contribution in [3.8, 4) is 6.07 Å². The van der Waals surface area contributed by atoms with Crippen molar-refractivity contribution in [3.05, 3.63) is 41.6 Å². The molecule has 1 aliphatic heterocycles. The second-order valence-electron chi connectivity index (χ2n) is 8.31. The number of ether oxygens (including phenoxy) is 1. The van der Waals surface area contributed by atoms with Gasteiger partial charge in [-0.2, -0.15) is 5.26 Å². The normalized spacial score (nSPS) is 18.9. The molecule has 28 heavy (non-hydrogen) atoms. The quantitative estimate of drug-likeness (QED) is 0.469. The monoisotopic (exact) mass is 384 g/mol. The maximum Gasteiger partial charge on any atom is 0.339 e. The van der Waals surface area contributed by atoms with E-state index in [4.69, 9.17) is 10.5 Å². The Kier molecular flexibility index (Phi) is 6.15. The summed E-state index contributed by atoms with van der Waals surface area (Å²) >= 11 is 0. The Morgan fingerprint density at radius 3 is 2.36 bits per heavy atom. The summed E-state index contributed by atoms with van der Waals surface area (Å²) in [5.41, 5.74) is 6.04. The van der Waals surface area contributed by atoms with Gasteiger partial charge in [0.25, 0.3) is 5.91 Å². The number of likely N-dealkylation sites (tertiary alicyclic amines) is 1. The lowest BCUT2D eigenvalue weighted by atomic mass is 9.77. The number of nitrogens with one attached hydrogen (secondary N) is 1. The third kappa shape index (κ3) is 4.52.